The van der Waals surface area contributed by atoms with Gasteiger partial charge in [-0.3, -0.25) is 4.79 Å². The van der Waals surface area contributed by atoms with Crippen LogP contribution in [-0.2, 0) is 4.74 Å². The number of nitrogens with one attached hydrogen (secondary N) is 2. The van der Waals surface area contributed by atoms with Gasteiger partial charge in [-0.2, -0.15) is 15.4 Å². The van der Waals surface area contributed by atoms with E-state index >= 15 is 0 Å². The van der Waals surface area contributed by atoms with Gasteiger partial charge in [-0.05, 0) is 31.2 Å². The van der Waals surface area contributed by atoms with Crippen LogP contribution >= 0.6 is 0 Å². The molecule has 0 aliphatic carbocycles. The Kier molecular flexibility index (Phi) is 4.94. The van der Waals surface area contributed by atoms with Crippen LogP contribution < -0.4 is 10.1 Å². The molecule has 0 spiro atoms. The molecule has 132 valence electrons. The van der Waals surface area contributed by atoms with Gasteiger partial charge in [-0.25, -0.2) is 4.79 Å². The van der Waals surface area contributed by atoms with Crippen molar-refractivity contribution in [3.63, 3.8) is 0 Å². The molecule has 1 fully saturated rings. The number of H-pyrrole nitrogens is 1. The summed E-state index contributed by atoms with van der Waals surface area (Å²) in [5.74, 6) is -0.809. The van der Waals surface area contributed by atoms with Gasteiger partial charge in [0.1, 0.15) is 11.9 Å². The van der Waals surface area contributed by atoms with Gasteiger partial charge in [-0.15, -0.1) is 0 Å². The van der Waals surface area contributed by atoms with Crippen molar-refractivity contribution in [3.8, 4) is 5.75 Å². The SMILES string of the molecule is Cc1n[nH]nc1C(=O)N[C@@H]1COCC[C@H]1Oc1ccc(C(=O)O)cc1. The normalized spacial score (nSPS) is 20.0. The van der Waals surface area contributed by atoms with Crippen molar-refractivity contribution in [1.29, 1.82) is 0 Å². The van der Waals surface area contributed by atoms with E-state index in [1.165, 1.54) is 12.1 Å². The van der Waals surface area contributed by atoms with E-state index in [1.54, 1.807) is 19.1 Å². The number of benzene rings is 1. The Balaban J connectivity index is 1.67. The van der Waals surface area contributed by atoms with Gasteiger partial charge in [0.25, 0.3) is 5.91 Å². The van der Waals surface area contributed by atoms with Crippen molar-refractivity contribution in [2.75, 3.05) is 13.2 Å². The van der Waals surface area contributed by atoms with E-state index in [0.717, 1.165) is 0 Å². The van der Waals surface area contributed by atoms with Crippen molar-refractivity contribution >= 4 is 11.9 Å². The molecule has 3 N–H and O–H groups in total. The fraction of sp³-hybridized carbons (Fsp3) is 0.375. The Morgan fingerprint density at radius 2 is 2.08 bits per heavy atom. The van der Waals surface area contributed by atoms with Gasteiger partial charge in [-0.1, -0.05) is 0 Å². The van der Waals surface area contributed by atoms with Gasteiger partial charge in [0.05, 0.1) is 30.5 Å². The molecule has 9 nitrogen and oxygen atoms in total. The smallest absolute Gasteiger partial charge is 0.335 e. The van der Waals surface area contributed by atoms with Crippen molar-refractivity contribution in [1.82, 2.24) is 20.7 Å². The first-order valence-electron chi connectivity index (χ1n) is 7.80. The summed E-state index contributed by atoms with van der Waals surface area (Å²) in [6, 6.07) is 5.79. The van der Waals surface area contributed by atoms with Gasteiger partial charge in [0, 0.05) is 6.42 Å². The molecule has 1 aliphatic rings. The second-order valence-electron chi connectivity index (χ2n) is 5.69. The Hall–Kier alpha value is -2.94. The topological polar surface area (TPSA) is 126 Å². The van der Waals surface area contributed by atoms with Crippen LogP contribution in [0.3, 0.4) is 0 Å². The number of carbonyl (C=O) groups is 2. The molecule has 1 amide bonds. The van der Waals surface area contributed by atoms with Crippen LogP contribution in [0.2, 0.25) is 0 Å². The molecule has 2 heterocycles. The first-order chi connectivity index (χ1) is 12.0. The van der Waals surface area contributed by atoms with Crippen LogP contribution in [0.4, 0.5) is 0 Å². The molecule has 1 aromatic heterocycles. The van der Waals surface area contributed by atoms with E-state index in [9.17, 15) is 9.59 Å². The van der Waals surface area contributed by atoms with Gasteiger partial charge in [0.15, 0.2) is 5.69 Å². The van der Waals surface area contributed by atoms with Crippen LogP contribution in [-0.4, -0.2) is 57.8 Å². The minimum absolute atomic E-state index is 0.186. The number of ether oxygens (including phenoxy) is 2. The van der Waals surface area contributed by atoms with E-state index in [-0.39, 0.29) is 29.3 Å². The molecular weight excluding hydrogens is 328 g/mol. The lowest BCUT2D eigenvalue weighted by molar-refractivity contribution is -0.00296. The van der Waals surface area contributed by atoms with Crippen LogP contribution in [0.5, 0.6) is 5.75 Å². The molecule has 0 unspecified atom stereocenters. The molecule has 1 saturated heterocycles. The summed E-state index contributed by atoms with van der Waals surface area (Å²) < 4.78 is 11.4. The Morgan fingerprint density at radius 3 is 2.72 bits per heavy atom. The summed E-state index contributed by atoms with van der Waals surface area (Å²) >= 11 is 0. The van der Waals surface area contributed by atoms with E-state index in [4.69, 9.17) is 14.6 Å². The summed E-state index contributed by atoms with van der Waals surface area (Å²) in [6.07, 6.45) is 0.309. The largest absolute Gasteiger partial charge is 0.488 e. The molecule has 0 bridgehead atoms. The number of carboxylic acid groups (broad SMARTS) is 1. The number of nitrogens with zero attached hydrogens (tertiary/aromatic N) is 2. The average molecular weight is 346 g/mol. The molecule has 9 heteroatoms. The Morgan fingerprint density at radius 1 is 1.32 bits per heavy atom. The maximum Gasteiger partial charge on any atom is 0.335 e. The summed E-state index contributed by atoms with van der Waals surface area (Å²) in [6.45, 7) is 2.53. The van der Waals surface area contributed by atoms with Gasteiger partial charge < -0.3 is 19.9 Å². The number of rotatable bonds is 5. The summed E-state index contributed by atoms with van der Waals surface area (Å²) in [5.41, 5.74) is 0.928. The lowest BCUT2D eigenvalue weighted by atomic mass is 10.1. The number of carboxylic acids is 1. The number of aromatic amines is 1. The highest BCUT2D eigenvalue weighted by Gasteiger charge is 2.30. The number of aromatic nitrogens is 3. The zero-order valence-electron chi connectivity index (χ0n) is 13.6. The monoisotopic (exact) mass is 346 g/mol. The Bertz CT molecular complexity index is 758. The van der Waals surface area contributed by atoms with E-state index in [0.29, 0.717) is 31.1 Å². The minimum atomic E-state index is -0.995. The summed E-state index contributed by atoms with van der Waals surface area (Å²) in [4.78, 5) is 23.2. The van der Waals surface area contributed by atoms with Gasteiger partial charge in [0.2, 0.25) is 0 Å². The average Bonchev–Trinajstić information content (AvgIpc) is 3.03. The highest BCUT2D eigenvalue weighted by molar-refractivity contribution is 5.93. The Labute approximate surface area is 143 Å². The van der Waals surface area contributed by atoms with Crippen molar-refractivity contribution < 1.29 is 24.2 Å². The van der Waals surface area contributed by atoms with E-state index in [1.807, 2.05) is 0 Å². The second kappa shape index (κ2) is 7.31. The maximum absolute atomic E-state index is 12.3. The number of hydrogen-bond acceptors (Lipinski definition) is 6. The first-order valence-corrected chi connectivity index (χ1v) is 7.80. The molecule has 0 radical (unpaired) electrons. The molecular formula is C16H18N4O5. The number of aromatic carboxylic acids is 1. The van der Waals surface area contributed by atoms with Crippen molar-refractivity contribution in [2.24, 2.45) is 0 Å². The molecule has 3 rings (SSSR count). The third-order valence-electron chi connectivity index (χ3n) is 3.94. The lowest BCUT2D eigenvalue weighted by Crippen LogP contribution is -2.52. The predicted molar refractivity (Wildman–Crippen MR) is 85.6 cm³/mol. The van der Waals surface area contributed by atoms with Crippen LogP contribution in [0, 0.1) is 6.92 Å². The predicted octanol–water partition coefficient (Wildman–Crippen LogP) is 0.778. The standard InChI is InChI=1S/C16H18N4O5/c1-9-14(19-20-18-9)15(21)17-12-8-24-7-6-13(12)25-11-4-2-10(3-5-11)16(22)23/h2-5,12-13H,6-8H2,1H3,(H,17,21)(H,22,23)(H,18,19,20)/t12-,13-/m1/s1. The second-order valence-corrected chi connectivity index (χ2v) is 5.69. The first kappa shape index (κ1) is 16.9. The van der Waals surface area contributed by atoms with Crippen molar-refractivity contribution in [2.45, 2.75) is 25.5 Å². The van der Waals surface area contributed by atoms with E-state index in [2.05, 4.69) is 20.7 Å². The molecule has 2 atom stereocenters. The van der Waals surface area contributed by atoms with Gasteiger partial charge >= 0.3 is 5.97 Å². The maximum atomic E-state index is 12.3. The van der Waals surface area contributed by atoms with Crippen molar-refractivity contribution in [3.05, 3.63) is 41.2 Å². The third kappa shape index (κ3) is 3.94. The molecule has 0 saturated carbocycles. The number of aryl methyl sites for hydroxylation is 1. The van der Waals surface area contributed by atoms with Crippen LogP contribution in [0.15, 0.2) is 24.3 Å². The fourth-order valence-corrected chi connectivity index (χ4v) is 2.58. The fourth-order valence-electron chi connectivity index (χ4n) is 2.58. The number of hydrogen-bond donors (Lipinski definition) is 3. The minimum Gasteiger partial charge on any atom is -0.488 e. The zero-order chi connectivity index (χ0) is 17.8. The molecule has 1 aromatic carbocycles. The molecule has 1 aliphatic heterocycles. The highest BCUT2D eigenvalue weighted by atomic mass is 16.5. The van der Waals surface area contributed by atoms with E-state index < -0.39 is 5.97 Å². The van der Waals surface area contributed by atoms with Crippen LogP contribution in [0.1, 0.15) is 33.0 Å². The molecule has 2 aromatic rings. The zero-order valence-corrected chi connectivity index (χ0v) is 13.6. The third-order valence-corrected chi connectivity index (χ3v) is 3.94. The van der Waals surface area contributed by atoms with Crippen LogP contribution in [0.25, 0.3) is 0 Å². The lowest BCUT2D eigenvalue weighted by Gasteiger charge is -2.32. The summed E-state index contributed by atoms with van der Waals surface area (Å²) in [7, 11) is 0. The molecule has 25 heavy (non-hydrogen) atoms. The highest BCUT2D eigenvalue weighted by Crippen LogP contribution is 2.19. The quantitative estimate of drug-likeness (QED) is 0.730. The number of carbonyl (C=O) groups excluding carboxylic acids is 1. The summed E-state index contributed by atoms with van der Waals surface area (Å²) in [5, 5.41) is 21.9. The number of amides is 1.